The quantitative estimate of drug-likeness (QED) is 0.724. The van der Waals surface area contributed by atoms with Crippen molar-refractivity contribution in [2.24, 2.45) is 5.73 Å². The van der Waals surface area contributed by atoms with Crippen molar-refractivity contribution in [2.45, 2.75) is 32.7 Å². The van der Waals surface area contributed by atoms with Crippen LogP contribution in [0.2, 0.25) is 0 Å². The molecule has 0 radical (unpaired) electrons. The van der Waals surface area contributed by atoms with Gasteiger partial charge >= 0.3 is 0 Å². The molecule has 1 saturated heterocycles. The van der Waals surface area contributed by atoms with Gasteiger partial charge in [0.1, 0.15) is 6.33 Å². The topological polar surface area (TPSA) is 87.9 Å². The number of rotatable bonds is 1. The summed E-state index contributed by atoms with van der Waals surface area (Å²) < 4.78 is 0. The Bertz CT molecular complexity index is 303. The molecule has 90 valence electrons. The number of nitrogens with one attached hydrogen (secondary N) is 1. The van der Waals surface area contributed by atoms with Crippen molar-refractivity contribution in [1.29, 1.82) is 0 Å². The van der Waals surface area contributed by atoms with E-state index in [2.05, 4.69) is 15.2 Å². The minimum absolute atomic E-state index is 0.0885. The maximum atomic E-state index is 11.7. The third-order valence-electron chi connectivity index (χ3n) is 2.44. The lowest BCUT2D eigenvalue weighted by Crippen LogP contribution is -2.43. The molecule has 0 unspecified atom stereocenters. The fourth-order valence-corrected chi connectivity index (χ4v) is 1.56. The first-order chi connectivity index (χ1) is 7.77. The molecular formula is C10H19N5O. The molecule has 3 N–H and O–H groups in total. The molecule has 6 heteroatoms. The van der Waals surface area contributed by atoms with Crippen LogP contribution in [-0.4, -0.2) is 45.1 Å². The SMILES string of the molecule is CC.NC1CCN(C(=O)c2ncn[nH]2)CC1. The number of aromatic amines is 1. The van der Waals surface area contributed by atoms with Gasteiger partial charge in [0.15, 0.2) is 0 Å². The second kappa shape index (κ2) is 6.22. The minimum atomic E-state index is -0.0885. The molecule has 16 heavy (non-hydrogen) atoms. The first-order valence-electron chi connectivity index (χ1n) is 5.67. The van der Waals surface area contributed by atoms with E-state index in [0.717, 1.165) is 12.8 Å². The number of nitrogens with zero attached hydrogens (tertiary/aromatic N) is 3. The standard InChI is InChI=1S/C8H13N5O.C2H6/c9-6-1-3-13(4-2-6)8(14)7-10-5-11-12-7;1-2/h5-6H,1-4,9H2,(H,10,11,12);1-2H3. The molecular weight excluding hydrogens is 206 g/mol. The van der Waals surface area contributed by atoms with Gasteiger partial charge in [0, 0.05) is 19.1 Å². The van der Waals surface area contributed by atoms with Crippen LogP contribution >= 0.6 is 0 Å². The van der Waals surface area contributed by atoms with Gasteiger partial charge in [0.25, 0.3) is 5.91 Å². The Kier molecular flexibility index (Phi) is 4.91. The zero-order chi connectivity index (χ0) is 12.0. The maximum absolute atomic E-state index is 11.7. The molecule has 6 nitrogen and oxygen atoms in total. The smallest absolute Gasteiger partial charge is 0.291 e. The lowest BCUT2D eigenvalue weighted by molar-refractivity contribution is 0.0703. The van der Waals surface area contributed by atoms with E-state index in [4.69, 9.17) is 5.73 Å². The second-order valence-electron chi connectivity index (χ2n) is 3.46. The fraction of sp³-hybridized carbons (Fsp3) is 0.700. The molecule has 0 saturated carbocycles. The molecule has 1 fully saturated rings. The van der Waals surface area contributed by atoms with Gasteiger partial charge in [-0.05, 0) is 12.8 Å². The molecule has 1 amide bonds. The van der Waals surface area contributed by atoms with Crippen LogP contribution in [0.1, 0.15) is 37.3 Å². The van der Waals surface area contributed by atoms with E-state index in [1.807, 2.05) is 13.8 Å². The molecule has 2 heterocycles. The predicted octanol–water partition coefficient (Wildman–Crippen LogP) is 0.394. The van der Waals surface area contributed by atoms with Gasteiger partial charge in [0.05, 0.1) is 0 Å². The fourth-order valence-electron chi connectivity index (χ4n) is 1.56. The Morgan fingerprint density at radius 1 is 1.50 bits per heavy atom. The number of hydrogen-bond acceptors (Lipinski definition) is 4. The summed E-state index contributed by atoms with van der Waals surface area (Å²) in [6, 6.07) is 0.230. The Labute approximate surface area is 95.2 Å². The monoisotopic (exact) mass is 225 g/mol. The molecule has 1 aromatic rings. The highest BCUT2D eigenvalue weighted by Gasteiger charge is 2.22. The number of H-pyrrole nitrogens is 1. The van der Waals surface area contributed by atoms with Crippen LogP contribution in [0.4, 0.5) is 0 Å². The summed E-state index contributed by atoms with van der Waals surface area (Å²) in [5.74, 6) is 0.217. The number of likely N-dealkylation sites (tertiary alicyclic amines) is 1. The lowest BCUT2D eigenvalue weighted by Gasteiger charge is -2.29. The van der Waals surface area contributed by atoms with Crippen LogP contribution in [-0.2, 0) is 0 Å². The molecule has 0 spiro atoms. The van der Waals surface area contributed by atoms with Gasteiger partial charge in [-0.2, -0.15) is 5.10 Å². The number of hydrogen-bond donors (Lipinski definition) is 2. The zero-order valence-corrected chi connectivity index (χ0v) is 9.81. The van der Waals surface area contributed by atoms with Gasteiger partial charge < -0.3 is 10.6 Å². The van der Waals surface area contributed by atoms with Gasteiger partial charge in [0.2, 0.25) is 5.82 Å². The van der Waals surface area contributed by atoms with Gasteiger partial charge in [-0.3, -0.25) is 9.89 Å². The van der Waals surface area contributed by atoms with Crippen molar-refractivity contribution < 1.29 is 4.79 Å². The third-order valence-corrected chi connectivity index (χ3v) is 2.44. The largest absolute Gasteiger partial charge is 0.336 e. The van der Waals surface area contributed by atoms with E-state index in [1.54, 1.807) is 4.90 Å². The average molecular weight is 225 g/mol. The van der Waals surface area contributed by atoms with Crippen molar-refractivity contribution in [2.75, 3.05) is 13.1 Å². The number of carbonyl (C=O) groups excluding carboxylic acids is 1. The van der Waals surface area contributed by atoms with Gasteiger partial charge in [-0.25, -0.2) is 4.98 Å². The van der Waals surface area contributed by atoms with Crippen LogP contribution in [0.3, 0.4) is 0 Å². The Hall–Kier alpha value is -1.43. The molecule has 2 rings (SSSR count). The molecule has 0 atom stereocenters. The first-order valence-corrected chi connectivity index (χ1v) is 5.67. The average Bonchev–Trinajstić information content (AvgIpc) is 2.85. The Morgan fingerprint density at radius 3 is 2.62 bits per heavy atom. The van der Waals surface area contributed by atoms with E-state index in [0.29, 0.717) is 18.9 Å². The van der Waals surface area contributed by atoms with Crippen LogP contribution < -0.4 is 5.73 Å². The molecule has 0 aliphatic carbocycles. The van der Waals surface area contributed by atoms with Crippen molar-refractivity contribution in [1.82, 2.24) is 20.1 Å². The van der Waals surface area contributed by atoms with Crippen LogP contribution in [0.25, 0.3) is 0 Å². The van der Waals surface area contributed by atoms with Gasteiger partial charge in [-0.1, -0.05) is 13.8 Å². The summed E-state index contributed by atoms with van der Waals surface area (Å²) >= 11 is 0. The second-order valence-corrected chi connectivity index (χ2v) is 3.46. The van der Waals surface area contributed by atoms with E-state index >= 15 is 0 Å². The highest BCUT2D eigenvalue weighted by Crippen LogP contribution is 2.10. The van der Waals surface area contributed by atoms with Crippen molar-refractivity contribution in [3.63, 3.8) is 0 Å². The lowest BCUT2D eigenvalue weighted by atomic mass is 10.1. The predicted molar refractivity (Wildman–Crippen MR) is 60.8 cm³/mol. The molecule has 1 aliphatic rings. The van der Waals surface area contributed by atoms with E-state index in [1.165, 1.54) is 6.33 Å². The third kappa shape index (κ3) is 3.03. The number of aromatic nitrogens is 3. The molecule has 1 aromatic heterocycles. The maximum Gasteiger partial charge on any atom is 0.291 e. The Morgan fingerprint density at radius 2 is 2.12 bits per heavy atom. The Balaban J connectivity index is 0.000000606. The summed E-state index contributed by atoms with van der Waals surface area (Å²) in [6.07, 6.45) is 3.06. The van der Waals surface area contributed by atoms with Crippen LogP contribution in [0.5, 0.6) is 0 Å². The van der Waals surface area contributed by atoms with E-state index < -0.39 is 0 Å². The minimum Gasteiger partial charge on any atom is -0.336 e. The number of nitrogens with two attached hydrogens (primary N) is 1. The summed E-state index contributed by atoms with van der Waals surface area (Å²) in [6.45, 7) is 5.42. The summed E-state index contributed by atoms with van der Waals surface area (Å²) in [7, 11) is 0. The highest BCUT2D eigenvalue weighted by molar-refractivity contribution is 5.90. The summed E-state index contributed by atoms with van der Waals surface area (Å²) in [5, 5.41) is 6.21. The molecule has 0 aromatic carbocycles. The van der Waals surface area contributed by atoms with E-state index in [-0.39, 0.29) is 11.9 Å². The number of amides is 1. The molecule has 0 bridgehead atoms. The van der Waals surface area contributed by atoms with Crippen molar-refractivity contribution in [3.05, 3.63) is 12.2 Å². The summed E-state index contributed by atoms with van der Waals surface area (Å²) in [5.41, 5.74) is 5.74. The highest BCUT2D eigenvalue weighted by atomic mass is 16.2. The van der Waals surface area contributed by atoms with E-state index in [9.17, 15) is 4.79 Å². The van der Waals surface area contributed by atoms with Crippen LogP contribution in [0, 0.1) is 0 Å². The summed E-state index contributed by atoms with van der Waals surface area (Å²) in [4.78, 5) is 17.3. The number of carbonyl (C=O) groups is 1. The van der Waals surface area contributed by atoms with Crippen LogP contribution in [0.15, 0.2) is 6.33 Å². The zero-order valence-electron chi connectivity index (χ0n) is 9.81. The van der Waals surface area contributed by atoms with Gasteiger partial charge in [-0.15, -0.1) is 0 Å². The normalized spacial score (nSPS) is 16.6. The first kappa shape index (κ1) is 12.6. The van der Waals surface area contributed by atoms with Crippen molar-refractivity contribution in [3.8, 4) is 0 Å². The molecule has 1 aliphatic heterocycles. The number of piperidine rings is 1. The van der Waals surface area contributed by atoms with Crippen molar-refractivity contribution >= 4 is 5.91 Å².